The molecule has 0 aromatic rings. The first kappa shape index (κ1) is 11.8. The number of rotatable bonds is 6. The van der Waals surface area contributed by atoms with Gasteiger partial charge >= 0.3 is 0 Å². The highest BCUT2D eigenvalue weighted by Gasteiger charge is 2.29. The largest absolute Gasteiger partial charge is 0.381 e. The Hall–Kier alpha value is -1.30. The van der Waals surface area contributed by atoms with Gasteiger partial charge in [-0.05, 0) is 12.0 Å². The summed E-state index contributed by atoms with van der Waals surface area (Å²) in [5, 5.41) is 6.34. The molecule has 0 aromatic carbocycles. The van der Waals surface area contributed by atoms with Crippen LogP contribution in [0.15, 0.2) is 5.11 Å². The Morgan fingerprint density at radius 2 is 2.60 bits per heavy atom. The molecule has 1 amide bonds. The molecule has 0 spiro atoms. The lowest BCUT2D eigenvalue weighted by Crippen LogP contribution is -2.47. The molecule has 1 saturated heterocycles. The number of carbonyl (C=O) groups is 1. The van der Waals surface area contributed by atoms with Crippen LogP contribution < -0.4 is 11.1 Å². The van der Waals surface area contributed by atoms with E-state index in [4.69, 9.17) is 16.0 Å². The average Bonchev–Trinajstić information content (AvgIpc) is 2.70. The molecule has 1 rings (SSSR count). The Morgan fingerprint density at radius 3 is 3.13 bits per heavy atom. The zero-order chi connectivity index (χ0) is 11.1. The fourth-order valence-corrected chi connectivity index (χ4v) is 1.63. The van der Waals surface area contributed by atoms with E-state index in [0.29, 0.717) is 26.3 Å². The summed E-state index contributed by atoms with van der Waals surface area (Å²) in [6, 6.07) is -0.388. The molecule has 1 aliphatic heterocycles. The normalized spacial score (nSPS) is 22.0. The summed E-state index contributed by atoms with van der Waals surface area (Å²) >= 11 is 0. The summed E-state index contributed by atoms with van der Waals surface area (Å²) in [7, 11) is 0. The van der Waals surface area contributed by atoms with E-state index >= 15 is 0 Å². The highest BCUT2D eigenvalue weighted by Crippen LogP contribution is 2.16. The van der Waals surface area contributed by atoms with Crippen molar-refractivity contribution < 1.29 is 9.53 Å². The van der Waals surface area contributed by atoms with Gasteiger partial charge in [-0.1, -0.05) is 5.11 Å². The van der Waals surface area contributed by atoms with Crippen molar-refractivity contribution in [2.45, 2.75) is 12.5 Å². The van der Waals surface area contributed by atoms with E-state index in [1.807, 2.05) is 0 Å². The van der Waals surface area contributed by atoms with Crippen LogP contribution in [-0.4, -0.2) is 38.3 Å². The highest BCUT2D eigenvalue weighted by atomic mass is 16.5. The van der Waals surface area contributed by atoms with E-state index in [1.54, 1.807) is 0 Å². The Morgan fingerprint density at radius 1 is 1.80 bits per heavy atom. The van der Waals surface area contributed by atoms with E-state index in [1.165, 1.54) is 0 Å². The van der Waals surface area contributed by atoms with Gasteiger partial charge in [0.25, 0.3) is 0 Å². The molecule has 2 unspecified atom stereocenters. The minimum Gasteiger partial charge on any atom is -0.381 e. The molecule has 2 atom stereocenters. The second-order valence-corrected chi connectivity index (χ2v) is 3.41. The van der Waals surface area contributed by atoms with Crippen LogP contribution >= 0.6 is 0 Å². The molecular weight excluding hydrogens is 198 g/mol. The number of hydrogen-bond acceptors (Lipinski definition) is 4. The van der Waals surface area contributed by atoms with Gasteiger partial charge in [-0.15, -0.1) is 0 Å². The lowest BCUT2D eigenvalue weighted by atomic mass is 9.98. The third-order valence-corrected chi connectivity index (χ3v) is 2.38. The van der Waals surface area contributed by atoms with Gasteiger partial charge in [0.2, 0.25) is 5.91 Å². The number of primary amides is 1. The maximum Gasteiger partial charge on any atom is 0.234 e. The molecule has 15 heavy (non-hydrogen) atoms. The standard InChI is InChI=1S/C8H15N5O2/c9-8(14)7(6-1-4-15-5-6)11-2-3-12-13-10/h6-7,11H,1-5H2,(H2,9,14). The third-order valence-electron chi connectivity index (χ3n) is 2.38. The molecule has 0 aromatic heterocycles. The van der Waals surface area contributed by atoms with Crippen molar-refractivity contribution in [3.63, 3.8) is 0 Å². The Bertz CT molecular complexity index is 258. The van der Waals surface area contributed by atoms with Crippen molar-refractivity contribution in [1.82, 2.24) is 5.32 Å². The van der Waals surface area contributed by atoms with Gasteiger partial charge in [-0.2, -0.15) is 0 Å². The number of azide groups is 1. The van der Waals surface area contributed by atoms with Gasteiger partial charge < -0.3 is 15.8 Å². The van der Waals surface area contributed by atoms with Crippen LogP contribution in [0.2, 0.25) is 0 Å². The molecule has 1 aliphatic rings. The second kappa shape index (κ2) is 6.23. The Kier molecular flexibility index (Phi) is 4.89. The quantitative estimate of drug-likeness (QED) is 0.275. The van der Waals surface area contributed by atoms with Crippen LogP contribution in [-0.2, 0) is 9.53 Å². The second-order valence-electron chi connectivity index (χ2n) is 3.41. The zero-order valence-corrected chi connectivity index (χ0v) is 8.43. The van der Waals surface area contributed by atoms with Crippen LogP contribution in [0.25, 0.3) is 10.4 Å². The topological polar surface area (TPSA) is 113 Å². The first-order valence-corrected chi connectivity index (χ1v) is 4.87. The molecule has 1 fully saturated rings. The van der Waals surface area contributed by atoms with Gasteiger partial charge in [0.05, 0.1) is 12.6 Å². The summed E-state index contributed by atoms with van der Waals surface area (Å²) in [5.41, 5.74) is 13.3. The Balaban J connectivity index is 2.36. The highest BCUT2D eigenvalue weighted by molar-refractivity contribution is 5.80. The van der Waals surface area contributed by atoms with Gasteiger partial charge in [-0.3, -0.25) is 4.79 Å². The van der Waals surface area contributed by atoms with Crippen LogP contribution in [0.4, 0.5) is 0 Å². The summed E-state index contributed by atoms with van der Waals surface area (Å²) in [4.78, 5) is 13.8. The summed E-state index contributed by atoms with van der Waals surface area (Å²) < 4.78 is 5.19. The maximum atomic E-state index is 11.2. The fourth-order valence-electron chi connectivity index (χ4n) is 1.63. The first-order chi connectivity index (χ1) is 7.25. The summed E-state index contributed by atoms with van der Waals surface area (Å²) in [5.74, 6) is -0.250. The molecule has 7 nitrogen and oxygen atoms in total. The monoisotopic (exact) mass is 213 g/mol. The van der Waals surface area contributed by atoms with E-state index in [0.717, 1.165) is 6.42 Å². The number of nitrogens with zero attached hydrogens (tertiary/aromatic N) is 3. The van der Waals surface area contributed by atoms with Crippen molar-refractivity contribution >= 4 is 5.91 Å². The van der Waals surface area contributed by atoms with Crippen LogP contribution in [0.5, 0.6) is 0 Å². The minimum absolute atomic E-state index is 0.133. The third kappa shape index (κ3) is 3.75. The number of hydrogen-bond donors (Lipinski definition) is 2. The number of amides is 1. The number of nitrogens with one attached hydrogen (secondary N) is 1. The molecule has 84 valence electrons. The SMILES string of the molecule is [N-]=[N+]=NCCNC(C(N)=O)C1CCOC1. The van der Waals surface area contributed by atoms with Gasteiger partial charge in [0.1, 0.15) is 0 Å². The predicted molar refractivity (Wildman–Crippen MR) is 53.9 cm³/mol. The molecule has 1 heterocycles. The molecule has 0 radical (unpaired) electrons. The zero-order valence-electron chi connectivity index (χ0n) is 8.43. The van der Waals surface area contributed by atoms with Crippen molar-refractivity contribution in [2.75, 3.05) is 26.3 Å². The number of nitrogens with two attached hydrogens (primary N) is 1. The van der Waals surface area contributed by atoms with Crippen molar-refractivity contribution in [3.05, 3.63) is 10.4 Å². The van der Waals surface area contributed by atoms with E-state index in [2.05, 4.69) is 15.3 Å². The van der Waals surface area contributed by atoms with Crippen LogP contribution in [0, 0.1) is 5.92 Å². The molecule has 0 saturated carbocycles. The van der Waals surface area contributed by atoms with E-state index < -0.39 is 0 Å². The molecule has 7 heteroatoms. The smallest absolute Gasteiger partial charge is 0.234 e. The van der Waals surface area contributed by atoms with Gasteiger partial charge in [0, 0.05) is 30.5 Å². The lowest BCUT2D eigenvalue weighted by Gasteiger charge is -2.19. The number of ether oxygens (including phenoxy) is 1. The molecule has 0 aliphatic carbocycles. The predicted octanol–water partition coefficient (Wildman–Crippen LogP) is -0.223. The summed E-state index contributed by atoms with van der Waals surface area (Å²) in [6.45, 7) is 2.00. The van der Waals surface area contributed by atoms with Gasteiger partial charge in [-0.25, -0.2) is 0 Å². The molecule has 0 bridgehead atoms. The van der Waals surface area contributed by atoms with Gasteiger partial charge in [0.15, 0.2) is 0 Å². The molecular formula is C8H15N5O2. The van der Waals surface area contributed by atoms with Crippen molar-refractivity contribution in [2.24, 2.45) is 16.8 Å². The molecule has 3 N–H and O–H groups in total. The minimum atomic E-state index is -0.388. The number of carbonyl (C=O) groups excluding carboxylic acids is 1. The summed E-state index contributed by atoms with van der Waals surface area (Å²) in [6.07, 6.45) is 0.835. The lowest BCUT2D eigenvalue weighted by molar-refractivity contribution is -0.121. The van der Waals surface area contributed by atoms with Crippen LogP contribution in [0.3, 0.4) is 0 Å². The Labute approximate surface area is 87.6 Å². The average molecular weight is 213 g/mol. The van der Waals surface area contributed by atoms with E-state index in [-0.39, 0.29) is 17.9 Å². The van der Waals surface area contributed by atoms with Crippen LogP contribution in [0.1, 0.15) is 6.42 Å². The fraction of sp³-hybridized carbons (Fsp3) is 0.875. The maximum absolute atomic E-state index is 11.2. The first-order valence-electron chi connectivity index (χ1n) is 4.87. The van der Waals surface area contributed by atoms with Crippen molar-refractivity contribution in [3.8, 4) is 0 Å². The van der Waals surface area contributed by atoms with Crippen molar-refractivity contribution in [1.29, 1.82) is 0 Å². The van der Waals surface area contributed by atoms with E-state index in [9.17, 15) is 4.79 Å².